The predicted octanol–water partition coefficient (Wildman–Crippen LogP) is -8.55. The Hall–Kier alpha value is -0.920. The van der Waals surface area contributed by atoms with E-state index in [9.17, 15) is 71.5 Å². The summed E-state index contributed by atoms with van der Waals surface area (Å²) in [6.07, 6.45) is -40.4. The summed E-state index contributed by atoms with van der Waals surface area (Å²) in [5.74, 6) is 0. The monoisotopic (exact) mass is 796 g/mol. The molecule has 4 heterocycles. The number of ether oxygens (including phenoxy) is 9. The molecule has 14 N–H and O–H groups in total. The molecule has 4 aliphatic rings. The molecule has 0 amide bonds. The average Bonchev–Trinajstić information content (AvgIpc) is 3.15. The van der Waals surface area contributed by atoms with Crippen molar-refractivity contribution in [3.05, 3.63) is 0 Å². The van der Waals surface area contributed by atoms with Crippen molar-refractivity contribution in [3.63, 3.8) is 0 Å². The molecule has 318 valence electrons. The maximum Gasteiger partial charge on any atom is 0.187 e. The number of aliphatic hydroxyl groups excluding tert-OH is 14. The molecule has 0 saturated carbocycles. The highest BCUT2D eigenvalue weighted by atomic mass is 16.8. The van der Waals surface area contributed by atoms with Crippen molar-refractivity contribution in [3.8, 4) is 0 Å². The first-order valence-corrected chi connectivity index (χ1v) is 17.5. The fraction of sp³-hybridized carbons (Fsp3) is 1.00. The summed E-state index contributed by atoms with van der Waals surface area (Å²) < 4.78 is 50.5. The Balaban J connectivity index is 1.63. The molecule has 0 aromatic heterocycles. The molecule has 24 atom stereocenters. The summed E-state index contributed by atoms with van der Waals surface area (Å²) in [5.41, 5.74) is 0. The number of hydrogen-bond donors (Lipinski definition) is 14. The lowest BCUT2D eigenvalue weighted by Gasteiger charge is -2.50. The van der Waals surface area contributed by atoms with Gasteiger partial charge in [0.25, 0.3) is 0 Å². The lowest BCUT2D eigenvalue weighted by atomic mass is 9.95. The molecule has 4 fully saturated rings. The molecule has 0 aromatic carbocycles. The quantitative estimate of drug-likeness (QED) is 0.0731. The van der Waals surface area contributed by atoms with Crippen LogP contribution < -0.4 is 0 Å². The molecule has 0 aromatic rings. The maximum atomic E-state index is 11.6. The molecule has 4 aliphatic heterocycles. The Morgan fingerprint density at radius 1 is 0.500 bits per heavy atom. The van der Waals surface area contributed by atoms with Gasteiger partial charge in [0.15, 0.2) is 25.2 Å². The van der Waals surface area contributed by atoms with Gasteiger partial charge in [-0.05, 0) is 20.8 Å². The topological polar surface area (TPSA) is 366 Å². The van der Waals surface area contributed by atoms with Crippen LogP contribution >= 0.6 is 0 Å². The molecule has 0 spiro atoms. The molecule has 4 rings (SSSR count). The molecule has 23 heteroatoms. The van der Waals surface area contributed by atoms with Crippen LogP contribution in [0.4, 0.5) is 0 Å². The van der Waals surface area contributed by atoms with Gasteiger partial charge in [0.2, 0.25) is 0 Å². The molecule has 23 nitrogen and oxygen atoms in total. The van der Waals surface area contributed by atoms with Crippen LogP contribution in [0.25, 0.3) is 0 Å². The molecular weight excluding hydrogens is 740 g/mol. The van der Waals surface area contributed by atoms with Gasteiger partial charge in [0.05, 0.1) is 38.1 Å². The van der Waals surface area contributed by atoms with Gasteiger partial charge >= 0.3 is 0 Å². The number of hydrogen-bond acceptors (Lipinski definition) is 23. The summed E-state index contributed by atoms with van der Waals surface area (Å²) in [7, 11) is 1.18. The van der Waals surface area contributed by atoms with Gasteiger partial charge in [0, 0.05) is 7.11 Å². The van der Waals surface area contributed by atoms with Crippen LogP contribution in [-0.4, -0.2) is 246 Å². The maximum absolute atomic E-state index is 11.6. The van der Waals surface area contributed by atoms with Gasteiger partial charge in [0.1, 0.15) is 104 Å². The number of methoxy groups -OCH3 is 1. The van der Waals surface area contributed by atoms with Gasteiger partial charge in [-0.15, -0.1) is 0 Å². The van der Waals surface area contributed by atoms with Gasteiger partial charge in [-0.1, -0.05) is 0 Å². The Morgan fingerprint density at radius 2 is 0.944 bits per heavy atom. The minimum absolute atomic E-state index is 0.679. The van der Waals surface area contributed by atoms with Crippen LogP contribution in [-0.2, 0) is 42.6 Å². The smallest absolute Gasteiger partial charge is 0.187 e. The highest BCUT2D eigenvalue weighted by Gasteiger charge is 2.56. The third-order valence-electron chi connectivity index (χ3n) is 10.2. The molecule has 54 heavy (non-hydrogen) atoms. The lowest BCUT2D eigenvalue weighted by Crippen LogP contribution is -2.68. The van der Waals surface area contributed by atoms with Gasteiger partial charge < -0.3 is 114 Å². The van der Waals surface area contributed by atoms with Gasteiger partial charge in [-0.25, -0.2) is 0 Å². The van der Waals surface area contributed by atoms with Crippen LogP contribution in [0, 0.1) is 0 Å². The van der Waals surface area contributed by atoms with E-state index in [1.807, 2.05) is 0 Å². The molecule has 0 bridgehead atoms. The zero-order valence-electron chi connectivity index (χ0n) is 29.9. The van der Waals surface area contributed by atoms with Crippen molar-refractivity contribution < 1.29 is 114 Å². The van der Waals surface area contributed by atoms with E-state index in [0.717, 1.165) is 0 Å². The van der Waals surface area contributed by atoms with Crippen molar-refractivity contribution in [1.29, 1.82) is 0 Å². The lowest BCUT2D eigenvalue weighted by molar-refractivity contribution is -0.397. The van der Waals surface area contributed by atoms with Gasteiger partial charge in [-0.2, -0.15) is 0 Å². The van der Waals surface area contributed by atoms with E-state index in [1.54, 1.807) is 0 Å². The average molecular weight is 797 g/mol. The van der Waals surface area contributed by atoms with E-state index in [-0.39, 0.29) is 0 Å². The predicted molar refractivity (Wildman–Crippen MR) is 169 cm³/mol. The number of aliphatic hydroxyl groups is 14. The van der Waals surface area contributed by atoms with Crippen LogP contribution in [0.2, 0.25) is 0 Å². The van der Waals surface area contributed by atoms with Crippen LogP contribution in [0.3, 0.4) is 0 Å². The third kappa shape index (κ3) is 9.67. The summed E-state index contributed by atoms with van der Waals surface area (Å²) in [4.78, 5) is 0. The van der Waals surface area contributed by atoms with Crippen molar-refractivity contribution >= 4 is 0 Å². The van der Waals surface area contributed by atoms with E-state index in [2.05, 4.69) is 0 Å². The summed E-state index contributed by atoms with van der Waals surface area (Å²) in [5, 5.41) is 147. The Morgan fingerprint density at radius 3 is 1.43 bits per heavy atom. The van der Waals surface area contributed by atoms with Crippen molar-refractivity contribution in [2.24, 2.45) is 0 Å². The standard InChI is InChI=1S/C31H56O23/c1-8(14(35)17(38)11(5-32)46-4)49-30-24(45)27(54-29-22(43)20(41)16(37)10(3)48-29)25(13(7-34)51-30)52-31-23(44)26(18(39)12(6-33)50-31)53-28-21(42)19(40)15(36)9(2)47-28/h8-45H,5-7H2,1-4H3/t8-,9?,10?,11?,12?,13?,14?,15+,16+,17-,18-,19?,20?,21+,22+,23+,24?,25-,26?,27-,28+,29+,30+,31+/m1/s1. The minimum atomic E-state index is -2.03. The van der Waals surface area contributed by atoms with E-state index in [0.29, 0.717) is 0 Å². The van der Waals surface area contributed by atoms with Crippen molar-refractivity contribution in [2.45, 2.75) is 168 Å². The summed E-state index contributed by atoms with van der Waals surface area (Å²) in [6.45, 7) is 1.47. The first-order chi connectivity index (χ1) is 25.4. The van der Waals surface area contributed by atoms with Crippen molar-refractivity contribution in [1.82, 2.24) is 0 Å². The first-order valence-electron chi connectivity index (χ1n) is 17.5. The zero-order valence-corrected chi connectivity index (χ0v) is 29.9. The van der Waals surface area contributed by atoms with Crippen LogP contribution in [0.1, 0.15) is 20.8 Å². The van der Waals surface area contributed by atoms with E-state index >= 15 is 0 Å². The highest BCUT2D eigenvalue weighted by molar-refractivity contribution is 4.98. The highest BCUT2D eigenvalue weighted by Crippen LogP contribution is 2.36. The Labute approximate surface area is 309 Å². The minimum Gasteiger partial charge on any atom is -0.394 e. The van der Waals surface area contributed by atoms with Crippen LogP contribution in [0.15, 0.2) is 0 Å². The molecule has 0 radical (unpaired) electrons. The van der Waals surface area contributed by atoms with E-state index in [4.69, 9.17) is 42.6 Å². The second kappa shape index (κ2) is 19.7. The Bertz CT molecular complexity index is 1120. The zero-order chi connectivity index (χ0) is 40.3. The van der Waals surface area contributed by atoms with Crippen LogP contribution in [0.5, 0.6) is 0 Å². The summed E-state index contributed by atoms with van der Waals surface area (Å²) in [6, 6.07) is 0. The van der Waals surface area contributed by atoms with Crippen molar-refractivity contribution in [2.75, 3.05) is 26.9 Å². The fourth-order valence-corrected chi connectivity index (χ4v) is 6.63. The second-order valence-corrected chi connectivity index (χ2v) is 13.9. The molecule has 10 unspecified atom stereocenters. The largest absolute Gasteiger partial charge is 0.394 e. The molecule has 0 aliphatic carbocycles. The molecular formula is C31H56O23. The summed E-state index contributed by atoms with van der Waals surface area (Å²) >= 11 is 0. The van der Waals surface area contributed by atoms with E-state index in [1.165, 1.54) is 27.9 Å². The SMILES string of the molecule is COC(CO)[C@@H](O)C(O)[C@@H](C)O[C@H]1OC(CO)[C@@H](O[C@@H]2OC(CO)[C@@H](O)C(O[C@@H]3OC(C)[C@H](O)C(O)[C@@H]3O)[C@@H]2O)[C@H](O[C@@H]2OC(C)[C@H](O)C(O)[C@@H]2O)C1O. The fourth-order valence-electron chi connectivity index (χ4n) is 6.63. The van der Waals surface area contributed by atoms with E-state index < -0.39 is 167 Å². The normalized spacial score (nSPS) is 48.6. The Kier molecular flexibility index (Phi) is 16.7. The number of rotatable bonds is 15. The second-order valence-electron chi connectivity index (χ2n) is 13.9. The third-order valence-corrected chi connectivity index (χ3v) is 10.2. The van der Waals surface area contributed by atoms with Gasteiger partial charge in [-0.3, -0.25) is 0 Å². The first kappa shape index (κ1) is 45.8. The molecule has 4 saturated heterocycles.